The summed E-state index contributed by atoms with van der Waals surface area (Å²) in [5.74, 6) is 0.330. The first-order valence-corrected chi connectivity index (χ1v) is 10.3. The number of carbonyl (C=O) groups excluding carboxylic acids is 2. The van der Waals surface area contributed by atoms with Gasteiger partial charge in [0, 0.05) is 25.4 Å². The average molecular weight is 357 g/mol. The molecule has 1 aromatic carbocycles. The minimum absolute atomic E-state index is 0.0115. The predicted molar refractivity (Wildman–Crippen MR) is 103 cm³/mol. The molecule has 2 unspecified atom stereocenters. The van der Waals surface area contributed by atoms with Gasteiger partial charge in [-0.15, -0.1) is 0 Å². The molecule has 4 heteroatoms. The van der Waals surface area contributed by atoms with E-state index < -0.39 is 0 Å². The number of hydrazine groups is 1. The predicted octanol–water partition coefficient (Wildman–Crippen LogP) is 4.68. The number of unbranched alkanes of at least 4 members (excludes halogenated alkanes) is 4. The molecule has 0 aliphatic carbocycles. The van der Waals surface area contributed by atoms with Gasteiger partial charge in [0.15, 0.2) is 0 Å². The van der Waals surface area contributed by atoms with Gasteiger partial charge >= 0.3 is 0 Å². The van der Waals surface area contributed by atoms with Crippen molar-refractivity contribution < 1.29 is 9.59 Å². The first-order chi connectivity index (χ1) is 12.6. The minimum Gasteiger partial charge on any atom is -0.273 e. The van der Waals surface area contributed by atoms with Gasteiger partial charge in [-0.25, -0.2) is 10.0 Å². The maximum absolute atomic E-state index is 13.1. The van der Waals surface area contributed by atoms with Crippen molar-refractivity contribution in [3.05, 3.63) is 35.4 Å². The molecular formula is C22H32N2O2. The zero-order valence-corrected chi connectivity index (χ0v) is 16.2. The summed E-state index contributed by atoms with van der Waals surface area (Å²) in [6, 6.07) is 8.21. The Morgan fingerprint density at radius 3 is 2.35 bits per heavy atom. The van der Waals surface area contributed by atoms with Crippen LogP contribution in [0.4, 0.5) is 0 Å². The van der Waals surface area contributed by atoms with E-state index in [2.05, 4.69) is 26.0 Å². The van der Waals surface area contributed by atoms with E-state index in [4.69, 9.17) is 0 Å². The Labute approximate surface area is 157 Å². The molecule has 4 nitrogen and oxygen atoms in total. The van der Waals surface area contributed by atoms with Gasteiger partial charge in [-0.1, -0.05) is 70.2 Å². The third-order valence-corrected chi connectivity index (χ3v) is 5.99. The van der Waals surface area contributed by atoms with Crippen LogP contribution >= 0.6 is 0 Å². The number of hydrogen-bond acceptors (Lipinski definition) is 3. The van der Waals surface area contributed by atoms with Crippen LogP contribution in [0.2, 0.25) is 0 Å². The normalized spacial score (nSPS) is 21.9. The third-order valence-electron chi connectivity index (χ3n) is 5.99. The molecule has 1 fully saturated rings. The van der Waals surface area contributed by atoms with Gasteiger partial charge in [-0.05, 0) is 29.9 Å². The van der Waals surface area contributed by atoms with Crippen molar-refractivity contribution in [3.63, 3.8) is 0 Å². The number of hydrogen-bond donors (Lipinski definition) is 0. The van der Waals surface area contributed by atoms with Crippen LogP contribution in [0, 0.1) is 11.8 Å². The minimum atomic E-state index is -0.0331. The second-order valence-corrected chi connectivity index (χ2v) is 7.96. The van der Waals surface area contributed by atoms with Crippen molar-refractivity contribution in [1.29, 1.82) is 0 Å². The third kappa shape index (κ3) is 4.17. The van der Waals surface area contributed by atoms with Crippen LogP contribution in [0.3, 0.4) is 0 Å². The molecule has 0 radical (unpaired) electrons. The number of imide groups is 1. The van der Waals surface area contributed by atoms with E-state index in [1.165, 1.54) is 48.2 Å². The molecule has 0 spiro atoms. The van der Waals surface area contributed by atoms with Crippen molar-refractivity contribution in [2.24, 2.45) is 11.8 Å². The summed E-state index contributed by atoms with van der Waals surface area (Å²) in [7, 11) is 0. The first-order valence-electron chi connectivity index (χ1n) is 10.3. The molecule has 0 saturated carbocycles. The fraction of sp³-hybridized carbons (Fsp3) is 0.636. The highest BCUT2D eigenvalue weighted by atomic mass is 16.2. The second-order valence-electron chi connectivity index (χ2n) is 7.96. The molecule has 2 aliphatic rings. The standard InChI is InChI=1S/C22H32N2O2/c1-3-4-5-6-7-10-17(2)20-13-14-21(25)24(22(20)26)23-15-18-11-8-9-12-19(18)16-23/h8-9,11-12,17,20H,3-7,10,13-16H2,1-2H3. The Kier molecular flexibility index (Phi) is 6.47. The summed E-state index contributed by atoms with van der Waals surface area (Å²) in [4.78, 5) is 25.6. The number of amides is 2. The Hall–Kier alpha value is -1.68. The van der Waals surface area contributed by atoms with E-state index in [0.29, 0.717) is 31.8 Å². The zero-order chi connectivity index (χ0) is 18.5. The van der Waals surface area contributed by atoms with Crippen molar-refractivity contribution in [1.82, 2.24) is 10.0 Å². The molecule has 2 amide bonds. The highest BCUT2D eigenvalue weighted by Crippen LogP contribution is 2.33. The fourth-order valence-corrected chi connectivity index (χ4v) is 4.34. The lowest BCUT2D eigenvalue weighted by atomic mass is 9.83. The highest BCUT2D eigenvalue weighted by molar-refractivity contribution is 5.98. The molecule has 2 atom stereocenters. The number of nitrogens with zero attached hydrogens (tertiary/aromatic N) is 2. The lowest BCUT2D eigenvalue weighted by Gasteiger charge is -2.38. The summed E-state index contributed by atoms with van der Waals surface area (Å²) in [5, 5.41) is 3.41. The van der Waals surface area contributed by atoms with E-state index in [9.17, 15) is 9.59 Å². The number of carbonyl (C=O) groups is 2. The van der Waals surface area contributed by atoms with Gasteiger partial charge in [-0.3, -0.25) is 9.59 Å². The second kappa shape index (κ2) is 8.81. The average Bonchev–Trinajstić information content (AvgIpc) is 3.05. The molecule has 0 N–H and O–H groups in total. The van der Waals surface area contributed by atoms with E-state index in [0.717, 1.165) is 6.42 Å². The van der Waals surface area contributed by atoms with Gasteiger partial charge in [0.25, 0.3) is 0 Å². The maximum atomic E-state index is 13.1. The molecule has 0 aromatic heterocycles. The fourth-order valence-electron chi connectivity index (χ4n) is 4.34. The molecule has 0 bridgehead atoms. The number of rotatable bonds is 8. The lowest BCUT2D eigenvalue weighted by Crippen LogP contribution is -2.54. The molecule has 26 heavy (non-hydrogen) atoms. The first kappa shape index (κ1) is 19.1. The molecule has 142 valence electrons. The van der Waals surface area contributed by atoms with Gasteiger partial charge in [-0.2, -0.15) is 0 Å². The quantitative estimate of drug-likeness (QED) is 0.502. The van der Waals surface area contributed by atoms with Gasteiger partial charge < -0.3 is 0 Å². The van der Waals surface area contributed by atoms with Crippen molar-refractivity contribution in [3.8, 4) is 0 Å². The van der Waals surface area contributed by atoms with Crippen LogP contribution in [0.15, 0.2) is 24.3 Å². The van der Waals surface area contributed by atoms with Gasteiger partial charge in [0.05, 0.1) is 0 Å². The smallest absolute Gasteiger partial charge is 0.247 e. The van der Waals surface area contributed by atoms with Crippen LogP contribution in [0.25, 0.3) is 0 Å². The Morgan fingerprint density at radius 1 is 1.04 bits per heavy atom. The Balaban J connectivity index is 1.59. The summed E-state index contributed by atoms with van der Waals surface area (Å²) < 4.78 is 0. The summed E-state index contributed by atoms with van der Waals surface area (Å²) in [6.07, 6.45) is 8.58. The molecule has 3 rings (SSSR count). The molecule has 1 aromatic rings. The Bertz CT molecular complexity index is 618. The topological polar surface area (TPSA) is 40.6 Å². The van der Waals surface area contributed by atoms with Crippen molar-refractivity contribution in [2.75, 3.05) is 0 Å². The lowest BCUT2D eigenvalue weighted by molar-refractivity contribution is -0.174. The van der Waals surface area contributed by atoms with Gasteiger partial charge in [0.2, 0.25) is 11.8 Å². The van der Waals surface area contributed by atoms with Crippen LogP contribution in [-0.4, -0.2) is 21.8 Å². The van der Waals surface area contributed by atoms with Crippen molar-refractivity contribution in [2.45, 2.75) is 78.3 Å². The zero-order valence-electron chi connectivity index (χ0n) is 16.2. The summed E-state index contributed by atoms with van der Waals surface area (Å²) in [5.41, 5.74) is 2.44. The molecule has 2 aliphatic heterocycles. The van der Waals surface area contributed by atoms with Crippen LogP contribution in [-0.2, 0) is 22.7 Å². The molecule has 1 saturated heterocycles. The van der Waals surface area contributed by atoms with E-state index >= 15 is 0 Å². The van der Waals surface area contributed by atoms with Crippen LogP contribution < -0.4 is 0 Å². The van der Waals surface area contributed by atoms with Crippen molar-refractivity contribution >= 4 is 11.8 Å². The van der Waals surface area contributed by atoms with E-state index in [1.54, 1.807) is 0 Å². The van der Waals surface area contributed by atoms with Gasteiger partial charge in [0.1, 0.15) is 0 Å². The summed E-state index contributed by atoms with van der Waals surface area (Å²) in [6.45, 7) is 5.73. The SMILES string of the molecule is CCCCCCCC(C)C1CCC(=O)N(N2Cc3ccccc3C2)C1=O. The maximum Gasteiger partial charge on any atom is 0.247 e. The number of benzene rings is 1. The Morgan fingerprint density at radius 2 is 1.69 bits per heavy atom. The largest absolute Gasteiger partial charge is 0.273 e. The van der Waals surface area contributed by atoms with Crippen LogP contribution in [0.5, 0.6) is 0 Å². The summed E-state index contributed by atoms with van der Waals surface area (Å²) >= 11 is 0. The highest BCUT2D eigenvalue weighted by Gasteiger charge is 2.41. The monoisotopic (exact) mass is 356 g/mol. The van der Waals surface area contributed by atoms with E-state index in [1.807, 2.05) is 17.1 Å². The molecular weight excluding hydrogens is 324 g/mol. The molecule has 2 heterocycles. The number of fused-ring (bicyclic) bond motifs is 1. The number of piperidine rings is 1. The van der Waals surface area contributed by atoms with Crippen LogP contribution in [0.1, 0.15) is 76.3 Å². The van der Waals surface area contributed by atoms with E-state index in [-0.39, 0.29) is 17.7 Å².